The summed E-state index contributed by atoms with van der Waals surface area (Å²) in [5.41, 5.74) is 5.39. The van der Waals surface area contributed by atoms with Crippen LogP contribution in [0.3, 0.4) is 0 Å². The fourth-order valence-corrected chi connectivity index (χ4v) is 8.51. The number of aryl methyl sites for hydroxylation is 2. The van der Waals surface area contributed by atoms with Crippen LogP contribution in [0.2, 0.25) is 0 Å². The molecule has 0 radical (unpaired) electrons. The zero-order chi connectivity index (χ0) is 33.6. The minimum atomic E-state index is -3.78. The molecule has 0 saturated carbocycles. The van der Waals surface area contributed by atoms with Crippen molar-refractivity contribution < 1.29 is 21.6 Å². The lowest BCUT2D eigenvalue weighted by Crippen LogP contribution is -2.14. The van der Waals surface area contributed by atoms with E-state index in [9.17, 15) is 21.6 Å². The molecule has 0 aliphatic carbocycles. The van der Waals surface area contributed by atoms with Crippen LogP contribution < -0.4 is 5.32 Å². The Morgan fingerprint density at radius 2 is 1.02 bits per heavy atom. The molecule has 0 amide bonds. The van der Waals surface area contributed by atoms with Crippen molar-refractivity contribution in [2.75, 3.05) is 7.05 Å². The Morgan fingerprint density at radius 1 is 0.604 bits per heavy atom. The van der Waals surface area contributed by atoms with Gasteiger partial charge in [0, 0.05) is 24.5 Å². The highest BCUT2D eigenvalue weighted by atomic mass is 35.5. The van der Waals surface area contributed by atoms with Crippen molar-refractivity contribution in [3.63, 3.8) is 0 Å². The summed E-state index contributed by atoms with van der Waals surface area (Å²) in [6.45, 7) is 4.17. The summed E-state index contributed by atoms with van der Waals surface area (Å²) >= 11 is 0. The van der Waals surface area contributed by atoms with Crippen molar-refractivity contribution in [3.8, 4) is 22.5 Å². The molecule has 4 aromatic carbocycles. The zero-order valence-corrected chi connectivity index (χ0v) is 29.1. The molecule has 0 spiro atoms. The normalized spacial score (nSPS) is 11.2. The molecule has 0 bridgehead atoms. The fourth-order valence-electron chi connectivity index (χ4n) is 5.27. The maximum Gasteiger partial charge on any atom is 0.268 e. The second-order valence-electron chi connectivity index (χ2n) is 10.9. The molecule has 8 nitrogen and oxygen atoms in total. The van der Waals surface area contributed by atoms with Crippen molar-refractivity contribution in [2.45, 2.75) is 30.2 Å². The lowest BCUT2D eigenvalue weighted by atomic mass is 10.1. The van der Waals surface area contributed by atoms with Crippen molar-refractivity contribution >= 4 is 38.7 Å². The SMILES string of the molecule is CNCc1cc(-c2ccccc2)n(S(=O)(=O)c2ccccc2C)c1.Cc1ccccc1S(=O)(=O)n1cc(C=O)cc1-c1ccccc1.Cl. The predicted octanol–water partition coefficient (Wildman–Crippen LogP) is 7.35. The number of aldehydes is 1. The van der Waals surface area contributed by atoms with Crippen LogP contribution >= 0.6 is 12.4 Å². The molecule has 2 heterocycles. The summed E-state index contributed by atoms with van der Waals surface area (Å²) in [5, 5.41) is 3.07. The summed E-state index contributed by atoms with van der Waals surface area (Å²) in [6.07, 6.45) is 3.70. The number of benzene rings is 4. The second kappa shape index (κ2) is 15.4. The monoisotopic (exact) mass is 701 g/mol. The summed E-state index contributed by atoms with van der Waals surface area (Å²) in [6, 6.07) is 36.1. The van der Waals surface area contributed by atoms with E-state index in [-0.39, 0.29) is 17.3 Å². The van der Waals surface area contributed by atoms with Crippen molar-refractivity contribution in [1.29, 1.82) is 0 Å². The third-order valence-corrected chi connectivity index (χ3v) is 11.2. The van der Waals surface area contributed by atoms with Gasteiger partial charge in [0.15, 0.2) is 6.29 Å². The Morgan fingerprint density at radius 3 is 1.46 bits per heavy atom. The summed E-state index contributed by atoms with van der Waals surface area (Å²) < 4.78 is 55.0. The Labute approximate surface area is 288 Å². The van der Waals surface area contributed by atoms with Gasteiger partial charge in [0.2, 0.25) is 0 Å². The minimum Gasteiger partial charge on any atom is -0.316 e. The lowest BCUT2D eigenvalue weighted by Gasteiger charge is -2.12. The zero-order valence-electron chi connectivity index (χ0n) is 26.6. The fraction of sp³-hybridized carbons (Fsp3) is 0.108. The Balaban J connectivity index is 0.000000212. The van der Waals surface area contributed by atoms with E-state index in [1.165, 1.54) is 14.1 Å². The number of aromatic nitrogens is 2. The van der Waals surface area contributed by atoms with Gasteiger partial charge in [0.1, 0.15) is 0 Å². The first-order chi connectivity index (χ1) is 22.6. The van der Waals surface area contributed by atoms with E-state index in [4.69, 9.17) is 0 Å². The largest absolute Gasteiger partial charge is 0.316 e. The number of carbonyl (C=O) groups is 1. The molecule has 0 atom stereocenters. The number of nitrogens with one attached hydrogen (secondary N) is 1. The highest BCUT2D eigenvalue weighted by Gasteiger charge is 2.24. The van der Waals surface area contributed by atoms with E-state index in [2.05, 4.69) is 5.32 Å². The average Bonchev–Trinajstić information content (AvgIpc) is 3.73. The molecular formula is C37H36ClN3O5S2. The highest BCUT2D eigenvalue weighted by molar-refractivity contribution is 7.90. The lowest BCUT2D eigenvalue weighted by molar-refractivity contribution is 0.112. The van der Waals surface area contributed by atoms with E-state index < -0.39 is 20.0 Å². The number of hydrogen-bond donors (Lipinski definition) is 1. The van der Waals surface area contributed by atoms with Crippen molar-refractivity contribution in [2.24, 2.45) is 0 Å². The number of hydrogen-bond acceptors (Lipinski definition) is 6. The summed E-state index contributed by atoms with van der Waals surface area (Å²) in [5.74, 6) is 0. The molecule has 1 N–H and O–H groups in total. The molecule has 6 rings (SSSR count). The molecule has 6 aromatic rings. The molecule has 11 heteroatoms. The topological polar surface area (TPSA) is 107 Å². The maximum atomic E-state index is 13.2. The molecular weight excluding hydrogens is 666 g/mol. The van der Waals surface area contributed by atoms with Crippen LogP contribution in [0.1, 0.15) is 27.0 Å². The highest BCUT2D eigenvalue weighted by Crippen LogP contribution is 2.29. The van der Waals surface area contributed by atoms with Crippen LogP contribution in [0.5, 0.6) is 0 Å². The van der Waals surface area contributed by atoms with Gasteiger partial charge in [-0.25, -0.2) is 24.8 Å². The molecule has 0 saturated heterocycles. The molecule has 0 aliphatic rings. The van der Waals surface area contributed by atoms with Gasteiger partial charge in [0.05, 0.1) is 21.2 Å². The summed E-state index contributed by atoms with van der Waals surface area (Å²) in [4.78, 5) is 11.7. The van der Waals surface area contributed by atoms with Crippen LogP contribution in [0.15, 0.2) is 144 Å². The third kappa shape index (κ3) is 7.53. The molecule has 48 heavy (non-hydrogen) atoms. The standard InChI is InChI=1S/C19H20N2O2S.C18H15NO3S.ClH/c1-15-8-6-7-11-19(15)24(22,23)21-14-16(13-20-2)12-18(21)17-9-4-3-5-10-17;1-14-7-5-6-10-18(14)23(21,22)19-12-15(13-20)11-17(19)16-8-3-2-4-9-16;/h3-12,14,20H,13H2,1-2H3;2-13H,1H3;1H. The van der Waals surface area contributed by atoms with Crippen LogP contribution in [-0.2, 0) is 26.6 Å². The Bertz CT molecular complexity index is 2230. The van der Waals surface area contributed by atoms with Gasteiger partial charge >= 0.3 is 0 Å². The first kappa shape index (κ1) is 36.1. The van der Waals surface area contributed by atoms with Crippen LogP contribution in [-0.4, -0.2) is 38.1 Å². The predicted molar refractivity (Wildman–Crippen MR) is 193 cm³/mol. The third-order valence-electron chi connectivity index (χ3n) is 7.57. The molecule has 0 fully saturated rings. The van der Waals surface area contributed by atoms with Crippen molar-refractivity contribution in [1.82, 2.24) is 13.3 Å². The average molecular weight is 702 g/mol. The van der Waals surface area contributed by atoms with Gasteiger partial charge in [-0.15, -0.1) is 12.4 Å². The second-order valence-corrected chi connectivity index (χ2v) is 14.5. The van der Waals surface area contributed by atoms with Gasteiger partial charge in [-0.3, -0.25) is 4.79 Å². The first-order valence-corrected chi connectivity index (χ1v) is 17.7. The smallest absolute Gasteiger partial charge is 0.268 e. The minimum absolute atomic E-state index is 0. The number of halogens is 1. The summed E-state index contributed by atoms with van der Waals surface area (Å²) in [7, 11) is -5.59. The van der Waals surface area contributed by atoms with E-state index in [0.717, 1.165) is 22.3 Å². The number of carbonyl (C=O) groups excluding carboxylic acids is 1. The Kier molecular flexibility index (Phi) is 11.6. The van der Waals surface area contributed by atoms with Gasteiger partial charge in [-0.2, -0.15) is 0 Å². The molecule has 0 unspecified atom stereocenters. The van der Waals surface area contributed by atoms with Gasteiger partial charge in [0.25, 0.3) is 20.0 Å². The molecule has 2 aromatic heterocycles. The molecule has 0 aliphatic heterocycles. The van der Waals surface area contributed by atoms with E-state index in [1.54, 1.807) is 55.6 Å². The maximum absolute atomic E-state index is 13.2. The first-order valence-electron chi connectivity index (χ1n) is 14.8. The van der Waals surface area contributed by atoms with Crippen LogP contribution in [0.4, 0.5) is 0 Å². The van der Waals surface area contributed by atoms with E-state index >= 15 is 0 Å². The van der Waals surface area contributed by atoms with Crippen LogP contribution in [0, 0.1) is 13.8 Å². The van der Waals surface area contributed by atoms with Crippen molar-refractivity contribution in [3.05, 3.63) is 156 Å². The van der Waals surface area contributed by atoms with Gasteiger partial charge < -0.3 is 5.32 Å². The molecule has 248 valence electrons. The quantitative estimate of drug-likeness (QED) is 0.158. The number of nitrogens with zero attached hydrogens (tertiary/aromatic N) is 2. The Hall–Kier alpha value is -4.74. The van der Waals surface area contributed by atoms with E-state index in [0.29, 0.717) is 40.2 Å². The van der Waals surface area contributed by atoms with Gasteiger partial charge in [-0.05, 0) is 73.0 Å². The van der Waals surface area contributed by atoms with Crippen LogP contribution in [0.25, 0.3) is 22.5 Å². The number of rotatable bonds is 9. The van der Waals surface area contributed by atoms with Gasteiger partial charge in [-0.1, -0.05) is 97.1 Å². The van der Waals surface area contributed by atoms with E-state index in [1.807, 2.05) is 92.8 Å².